The van der Waals surface area contributed by atoms with Crippen LogP contribution in [-0.4, -0.2) is 19.0 Å². The number of nitrogens with zero attached hydrogens (tertiary/aromatic N) is 1. The summed E-state index contributed by atoms with van der Waals surface area (Å²) in [6, 6.07) is 15.1. The molecule has 0 amide bonds. The maximum absolute atomic E-state index is 6.18. The highest BCUT2D eigenvalue weighted by atomic mass is 35.5. The molecule has 1 nitrogen and oxygen atoms in total. The van der Waals surface area contributed by atoms with E-state index in [1.165, 1.54) is 16.7 Å². The van der Waals surface area contributed by atoms with Crippen LogP contribution in [0.3, 0.4) is 0 Å². The second kappa shape index (κ2) is 5.40. The number of hydrogen-bond acceptors (Lipinski definition) is 1. The fraction of sp³-hybridized carbons (Fsp3) is 0.294. The van der Waals surface area contributed by atoms with Crippen LogP contribution in [0.5, 0.6) is 0 Å². The fourth-order valence-corrected chi connectivity index (χ4v) is 3.45. The third-order valence-electron chi connectivity index (χ3n) is 4.16. The van der Waals surface area contributed by atoms with E-state index >= 15 is 0 Å². The van der Waals surface area contributed by atoms with Crippen molar-refractivity contribution in [2.45, 2.75) is 18.4 Å². The van der Waals surface area contributed by atoms with Gasteiger partial charge in [0.2, 0.25) is 0 Å². The zero-order valence-electron chi connectivity index (χ0n) is 11.6. The van der Waals surface area contributed by atoms with Gasteiger partial charge >= 0.3 is 0 Å². The van der Waals surface area contributed by atoms with Crippen LogP contribution < -0.4 is 0 Å². The topological polar surface area (TPSA) is 3.24 Å². The third kappa shape index (κ3) is 2.35. The molecule has 3 rings (SSSR count). The smallest absolute Gasteiger partial charge is 0.0595 e. The fourth-order valence-electron chi connectivity index (χ4n) is 3.14. The molecule has 0 bridgehead atoms. The molecule has 0 heterocycles. The van der Waals surface area contributed by atoms with Crippen molar-refractivity contribution in [1.29, 1.82) is 0 Å². The molecular weight excluding hydrogens is 289 g/mol. The number of halogens is 2. The Labute approximate surface area is 130 Å². The van der Waals surface area contributed by atoms with E-state index in [0.717, 1.165) is 6.42 Å². The van der Waals surface area contributed by atoms with Crippen LogP contribution in [0.15, 0.2) is 42.5 Å². The number of rotatable bonds is 2. The molecule has 0 spiro atoms. The highest BCUT2D eigenvalue weighted by Crippen LogP contribution is 2.46. The van der Waals surface area contributed by atoms with Gasteiger partial charge in [-0.25, -0.2) is 0 Å². The van der Waals surface area contributed by atoms with E-state index in [2.05, 4.69) is 49.3 Å². The molecule has 0 aromatic heterocycles. The molecule has 0 fully saturated rings. The molecule has 2 atom stereocenters. The lowest BCUT2D eigenvalue weighted by Crippen LogP contribution is -2.17. The van der Waals surface area contributed by atoms with Gasteiger partial charge in [-0.15, -0.1) is 0 Å². The number of benzene rings is 2. The Bertz CT molecular complexity index is 637. The maximum atomic E-state index is 6.18. The minimum Gasteiger partial charge on any atom is -0.302 e. The highest BCUT2D eigenvalue weighted by Gasteiger charge is 2.32. The first kappa shape index (κ1) is 13.9. The second-order valence-corrected chi connectivity index (χ2v) is 6.38. The maximum Gasteiger partial charge on any atom is 0.0595 e. The van der Waals surface area contributed by atoms with Crippen LogP contribution in [0.2, 0.25) is 10.0 Å². The summed E-state index contributed by atoms with van der Waals surface area (Å²) >= 11 is 12.2. The van der Waals surface area contributed by atoms with E-state index in [-0.39, 0.29) is 0 Å². The predicted molar refractivity (Wildman–Crippen MR) is 85.8 cm³/mol. The molecule has 0 N–H and O–H groups in total. The Balaban J connectivity index is 2.05. The lowest BCUT2D eigenvalue weighted by atomic mass is 9.93. The summed E-state index contributed by atoms with van der Waals surface area (Å²) in [7, 11) is 4.28. The SMILES string of the molecule is CN(C)[C@H]1C[C@H](c2ccc(Cl)c(Cl)c2)c2ccccc21. The largest absolute Gasteiger partial charge is 0.302 e. The Morgan fingerprint density at radius 1 is 0.950 bits per heavy atom. The molecule has 0 unspecified atom stereocenters. The average molecular weight is 306 g/mol. The number of fused-ring (bicyclic) bond motifs is 1. The quantitative estimate of drug-likeness (QED) is 0.743. The minimum absolute atomic E-state index is 0.397. The van der Waals surface area contributed by atoms with Gasteiger partial charge in [0.1, 0.15) is 0 Å². The van der Waals surface area contributed by atoms with Crippen LogP contribution in [-0.2, 0) is 0 Å². The van der Waals surface area contributed by atoms with E-state index in [9.17, 15) is 0 Å². The summed E-state index contributed by atoms with van der Waals surface area (Å²) in [5.41, 5.74) is 4.08. The van der Waals surface area contributed by atoms with Gasteiger partial charge < -0.3 is 4.90 Å². The highest BCUT2D eigenvalue weighted by molar-refractivity contribution is 6.42. The molecule has 0 saturated carbocycles. The lowest BCUT2D eigenvalue weighted by Gasteiger charge is -2.20. The summed E-state index contributed by atoms with van der Waals surface area (Å²) in [5, 5.41) is 1.25. The van der Waals surface area contributed by atoms with Gasteiger partial charge in [-0.1, -0.05) is 53.5 Å². The third-order valence-corrected chi connectivity index (χ3v) is 4.90. The normalized spacial score (nSPS) is 21.2. The van der Waals surface area contributed by atoms with E-state index < -0.39 is 0 Å². The zero-order valence-corrected chi connectivity index (χ0v) is 13.1. The van der Waals surface area contributed by atoms with E-state index in [1.807, 2.05) is 12.1 Å². The van der Waals surface area contributed by atoms with Crippen molar-refractivity contribution < 1.29 is 0 Å². The Kier molecular flexibility index (Phi) is 3.76. The van der Waals surface area contributed by atoms with Gasteiger partial charge in [0.25, 0.3) is 0 Å². The molecule has 104 valence electrons. The first-order valence-corrected chi connectivity index (χ1v) is 7.53. The molecule has 0 saturated heterocycles. The van der Waals surface area contributed by atoms with E-state index in [0.29, 0.717) is 22.0 Å². The van der Waals surface area contributed by atoms with Crippen molar-refractivity contribution in [3.63, 3.8) is 0 Å². The van der Waals surface area contributed by atoms with Crippen LogP contribution in [0.4, 0.5) is 0 Å². The summed E-state index contributed by atoms with van der Waals surface area (Å²) in [6.07, 6.45) is 1.09. The standard InChI is InChI=1S/C17H17Cl2N/c1-20(2)17-10-14(12-5-3-4-6-13(12)17)11-7-8-15(18)16(19)9-11/h3-9,14,17H,10H2,1-2H3/t14-,17+/m1/s1. The van der Waals surface area contributed by atoms with Gasteiger partial charge in [0.05, 0.1) is 10.0 Å². The van der Waals surface area contributed by atoms with Crippen LogP contribution >= 0.6 is 23.2 Å². The molecule has 0 aliphatic heterocycles. The Morgan fingerprint density at radius 3 is 2.30 bits per heavy atom. The van der Waals surface area contributed by atoms with Gasteiger partial charge in [-0.3, -0.25) is 0 Å². The zero-order chi connectivity index (χ0) is 14.3. The Hall–Kier alpha value is -1.02. The molecule has 1 aliphatic rings. The van der Waals surface area contributed by atoms with Crippen molar-refractivity contribution in [2.75, 3.05) is 14.1 Å². The van der Waals surface area contributed by atoms with Gasteiger partial charge in [0, 0.05) is 12.0 Å². The van der Waals surface area contributed by atoms with Crippen LogP contribution in [0.25, 0.3) is 0 Å². The monoisotopic (exact) mass is 305 g/mol. The van der Waals surface area contributed by atoms with Gasteiger partial charge in [-0.2, -0.15) is 0 Å². The van der Waals surface area contributed by atoms with Crippen molar-refractivity contribution >= 4 is 23.2 Å². The average Bonchev–Trinajstić information content (AvgIpc) is 2.82. The number of hydrogen-bond donors (Lipinski definition) is 0. The summed E-state index contributed by atoms with van der Waals surface area (Å²) in [4.78, 5) is 2.29. The first-order valence-electron chi connectivity index (χ1n) is 6.78. The van der Waals surface area contributed by atoms with Gasteiger partial charge in [-0.05, 0) is 49.3 Å². The van der Waals surface area contributed by atoms with Crippen molar-refractivity contribution in [1.82, 2.24) is 4.90 Å². The first-order chi connectivity index (χ1) is 9.58. The Morgan fingerprint density at radius 2 is 1.65 bits per heavy atom. The van der Waals surface area contributed by atoms with E-state index in [1.54, 1.807) is 0 Å². The molecule has 2 aromatic carbocycles. The summed E-state index contributed by atoms with van der Waals surface area (Å²) in [6.45, 7) is 0. The molecular formula is C17H17Cl2N. The molecule has 2 aromatic rings. The molecule has 3 heteroatoms. The summed E-state index contributed by atoms with van der Waals surface area (Å²) < 4.78 is 0. The molecule has 0 radical (unpaired) electrons. The van der Waals surface area contributed by atoms with Crippen molar-refractivity contribution in [2.24, 2.45) is 0 Å². The molecule has 1 aliphatic carbocycles. The van der Waals surface area contributed by atoms with E-state index in [4.69, 9.17) is 23.2 Å². The van der Waals surface area contributed by atoms with Crippen LogP contribution in [0, 0.1) is 0 Å². The van der Waals surface area contributed by atoms with Crippen molar-refractivity contribution in [3.05, 3.63) is 69.2 Å². The van der Waals surface area contributed by atoms with Gasteiger partial charge in [0.15, 0.2) is 0 Å². The van der Waals surface area contributed by atoms with Crippen molar-refractivity contribution in [3.8, 4) is 0 Å². The second-order valence-electron chi connectivity index (χ2n) is 5.57. The van der Waals surface area contributed by atoms with Crippen LogP contribution in [0.1, 0.15) is 35.1 Å². The lowest BCUT2D eigenvalue weighted by molar-refractivity contribution is 0.293. The predicted octanol–water partition coefficient (Wildman–Crippen LogP) is 5.13. The minimum atomic E-state index is 0.397. The molecule has 20 heavy (non-hydrogen) atoms. The summed E-state index contributed by atoms with van der Waals surface area (Å²) in [5.74, 6) is 0.397.